The van der Waals surface area contributed by atoms with Crippen molar-refractivity contribution in [2.75, 3.05) is 7.11 Å². The van der Waals surface area contributed by atoms with Gasteiger partial charge in [0.25, 0.3) is 0 Å². The van der Waals surface area contributed by atoms with Crippen LogP contribution in [0.15, 0.2) is 36.7 Å². The molecular formula is C14H11F2NO2. The second kappa shape index (κ2) is 5.56. The van der Waals surface area contributed by atoms with Crippen LogP contribution in [0.3, 0.4) is 0 Å². The van der Waals surface area contributed by atoms with Crippen molar-refractivity contribution in [3.05, 3.63) is 59.4 Å². The van der Waals surface area contributed by atoms with Crippen molar-refractivity contribution in [3.63, 3.8) is 0 Å². The number of methoxy groups -OCH3 is 1. The van der Waals surface area contributed by atoms with Gasteiger partial charge in [-0.15, -0.1) is 0 Å². The van der Waals surface area contributed by atoms with Crippen LogP contribution in [0.4, 0.5) is 8.78 Å². The molecular weight excluding hydrogens is 252 g/mol. The quantitative estimate of drug-likeness (QED) is 0.796. The maximum atomic E-state index is 13.5. The number of hydrogen-bond donors (Lipinski definition) is 0. The molecule has 0 aliphatic rings. The van der Waals surface area contributed by atoms with Gasteiger partial charge in [-0.25, -0.2) is 8.78 Å². The number of hydrogen-bond acceptors (Lipinski definition) is 3. The van der Waals surface area contributed by atoms with Gasteiger partial charge < -0.3 is 4.74 Å². The van der Waals surface area contributed by atoms with E-state index in [0.717, 1.165) is 12.1 Å². The number of pyridine rings is 1. The molecule has 0 fully saturated rings. The van der Waals surface area contributed by atoms with Crippen molar-refractivity contribution in [2.45, 2.75) is 6.42 Å². The van der Waals surface area contributed by atoms with Crippen molar-refractivity contribution in [2.24, 2.45) is 0 Å². The lowest BCUT2D eigenvalue weighted by atomic mass is 10.0. The lowest BCUT2D eigenvalue weighted by Gasteiger charge is -2.07. The number of nitrogens with zero attached hydrogens (tertiary/aromatic N) is 1. The third-order valence-electron chi connectivity index (χ3n) is 2.67. The van der Waals surface area contributed by atoms with E-state index in [-0.39, 0.29) is 17.8 Å². The van der Waals surface area contributed by atoms with E-state index in [2.05, 4.69) is 4.98 Å². The van der Waals surface area contributed by atoms with Gasteiger partial charge in [0.2, 0.25) is 0 Å². The first-order chi connectivity index (χ1) is 9.11. The van der Waals surface area contributed by atoms with Gasteiger partial charge in [0.15, 0.2) is 5.78 Å². The zero-order valence-electron chi connectivity index (χ0n) is 10.2. The van der Waals surface area contributed by atoms with Crippen molar-refractivity contribution in [1.29, 1.82) is 0 Å². The molecule has 0 spiro atoms. The summed E-state index contributed by atoms with van der Waals surface area (Å²) in [5.74, 6) is -1.39. The molecule has 2 aromatic rings. The second-order valence-corrected chi connectivity index (χ2v) is 3.91. The molecule has 0 amide bonds. The number of carbonyl (C=O) groups is 1. The van der Waals surface area contributed by atoms with Crippen LogP contribution in [-0.4, -0.2) is 17.9 Å². The topological polar surface area (TPSA) is 39.2 Å². The van der Waals surface area contributed by atoms with Crippen LogP contribution in [0.1, 0.15) is 15.9 Å². The third-order valence-corrected chi connectivity index (χ3v) is 2.67. The Morgan fingerprint density at radius 3 is 2.79 bits per heavy atom. The molecule has 2 rings (SSSR count). The SMILES string of the molecule is COc1cnccc1C(=O)Cc1ccc(F)cc1F. The Morgan fingerprint density at radius 1 is 1.32 bits per heavy atom. The smallest absolute Gasteiger partial charge is 0.171 e. The predicted octanol–water partition coefficient (Wildman–Crippen LogP) is 2.79. The van der Waals surface area contributed by atoms with Crippen molar-refractivity contribution in [1.82, 2.24) is 4.98 Å². The molecule has 0 aliphatic heterocycles. The number of Topliss-reactive ketones (excluding diaryl/α,β-unsaturated/α-hetero) is 1. The van der Waals surface area contributed by atoms with E-state index in [0.29, 0.717) is 11.3 Å². The predicted molar refractivity (Wildman–Crippen MR) is 65.2 cm³/mol. The van der Waals surface area contributed by atoms with Gasteiger partial charge in [-0.1, -0.05) is 6.07 Å². The minimum absolute atomic E-state index is 0.144. The van der Waals surface area contributed by atoms with Crippen LogP contribution in [0.5, 0.6) is 5.75 Å². The van der Waals surface area contributed by atoms with Crippen LogP contribution in [0, 0.1) is 11.6 Å². The number of halogens is 2. The fourth-order valence-electron chi connectivity index (χ4n) is 1.71. The van der Waals surface area contributed by atoms with Crippen molar-refractivity contribution < 1.29 is 18.3 Å². The minimum atomic E-state index is -0.735. The maximum Gasteiger partial charge on any atom is 0.171 e. The van der Waals surface area contributed by atoms with E-state index >= 15 is 0 Å². The highest BCUT2D eigenvalue weighted by molar-refractivity contribution is 5.99. The standard InChI is InChI=1S/C14H11F2NO2/c1-19-14-8-17-5-4-11(14)13(18)6-9-2-3-10(15)7-12(9)16/h2-5,7-8H,6H2,1H3. The lowest BCUT2D eigenvalue weighted by Crippen LogP contribution is -2.07. The summed E-state index contributed by atoms with van der Waals surface area (Å²) in [4.78, 5) is 15.9. The first kappa shape index (κ1) is 13.1. The molecule has 98 valence electrons. The highest BCUT2D eigenvalue weighted by atomic mass is 19.1. The Kier molecular flexibility index (Phi) is 3.85. The molecule has 0 atom stereocenters. The van der Waals surface area contributed by atoms with E-state index in [1.165, 1.54) is 31.6 Å². The Hall–Kier alpha value is -2.30. The lowest BCUT2D eigenvalue weighted by molar-refractivity contribution is 0.0988. The Balaban J connectivity index is 2.26. The molecule has 0 saturated heterocycles. The van der Waals surface area contributed by atoms with Crippen molar-refractivity contribution >= 4 is 5.78 Å². The van der Waals surface area contributed by atoms with E-state index < -0.39 is 11.6 Å². The molecule has 5 heteroatoms. The normalized spacial score (nSPS) is 10.3. The largest absolute Gasteiger partial charge is 0.494 e. The molecule has 19 heavy (non-hydrogen) atoms. The van der Waals surface area contributed by atoms with Crippen molar-refractivity contribution in [3.8, 4) is 5.75 Å². The van der Waals surface area contributed by atoms with Gasteiger partial charge in [-0.2, -0.15) is 0 Å². The van der Waals surface area contributed by atoms with Crippen LogP contribution in [-0.2, 0) is 6.42 Å². The zero-order chi connectivity index (χ0) is 13.8. The number of carbonyl (C=O) groups excluding carboxylic acids is 1. The molecule has 1 aromatic carbocycles. The first-order valence-electron chi connectivity index (χ1n) is 5.57. The highest BCUT2D eigenvalue weighted by Crippen LogP contribution is 2.19. The Labute approximate surface area is 108 Å². The summed E-state index contributed by atoms with van der Waals surface area (Å²) in [7, 11) is 1.42. The summed E-state index contributed by atoms with van der Waals surface area (Å²) >= 11 is 0. The Morgan fingerprint density at radius 2 is 2.11 bits per heavy atom. The van der Waals surface area contributed by atoms with Gasteiger partial charge in [0.1, 0.15) is 17.4 Å². The van der Waals surface area contributed by atoms with Gasteiger partial charge in [0, 0.05) is 18.7 Å². The van der Waals surface area contributed by atoms with Gasteiger partial charge >= 0.3 is 0 Å². The van der Waals surface area contributed by atoms with E-state index in [9.17, 15) is 13.6 Å². The number of ketones is 1. The summed E-state index contributed by atoms with van der Waals surface area (Å²) < 4.78 is 31.3. The summed E-state index contributed by atoms with van der Waals surface area (Å²) in [5, 5.41) is 0. The summed E-state index contributed by atoms with van der Waals surface area (Å²) in [5.41, 5.74) is 0.464. The van der Waals surface area contributed by atoms with Gasteiger partial charge in [0.05, 0.1) is 18.9 Å². The molecule has 0 unspecified atom stereocenters. The Bertz CT molecular complexity index is 614. The number of benzene rings is 1. The van der Waals surface area contributed by atoms with Crippen LogP contribution in [0.2, 0.25) is 0 Å². The first-order valence-corrected chi connectivity index (χ1v) is 5.57. The number of ether oxygens (including phenoxy) is 1. The molecule has 1 heterocycles. The van der Waals surface area contributed by atoms with Crippen LogP contribution < -0.4 is 4.74 Å². The van der Waals surface area contributed by atoms with E-state index in [1.807, 2.05) is 0 Å². The van der Waals surface area contributed by atoms with Gasteiger partial charge in [-0.3, -0.25) is 9.78 Å². The maximum absolute atomic E-state index is 13.5. The van der Waals surface area contributed by atoms with E-state index in [1.54, 1.807) is 0 Å². The molecule has 1 aromatic heterocycles. The average Bonchev–Trinajstić information content (AvgIpc) is 2.41. The highest BCUT2D eigenvalue weighted by Gasteiger charge is 2.15. The fourth-order valence-corrected chi connectivity index (χ4v) is 1.71. The molecule has 0 saturated carbocycles. The fraction of sp³-hybridized carbons (Fsp3) is 0.143. The molecule has 0 radical (unpaired) electrons. The number of rotatable bonds is 4. The van der Waals surface area contributed by atoms with Gasteiger partial charge in [-0.05, 0) is 17.7 Å². The third kappa shape index (κ3) is 2.93. The molecule has 0 bridgehead atoms. The summed E-state index contributed by atoms with van der Waals surface area (Å²) in [6.07, 6.45) is 2.71. The molecule has 3 nitrogen and oxygen atoms in total. The minimum Gasteiger partial charge on any atom is -0.494 e. The molecule has 0 aliphatic carbocycles. The zero-order valence-corrected chi connectivity index (χ0v) is 10.2. The second-order valence-electron chi connectivity index (χ2n) is 3.91. The monoisotopic (exact) mass is 263 g/mol. The summed E-state index contributed by atoms with van der Waals surface area (Å²) in [6.45, 7) is 0. The number of aromatic nitrogens is 1. The molecule has 0 N–H and O–H groups in total. The van der Waals surface area contributed by atoms with Crippen LogP contribution in [0.25, 0.3) is 0 Å². The van der Waals surface area contributed by atoms with Crippen LogP contribution >= 0.6 is 0 Å². The van der Waals surface area contributed by atoms with E-state index in [4.69, 9.17) is 4.74 Å². The average molecular weight is 263 g/mol. The summed E-state index contributed by atoms with van der Waals surface area (Å²) in [6, 6.07) is 4.64.